The highest BCUT2D eigenvalue weighted by Gasteiger charge is 1.83. The highest BCUT2D eigenvalue weighted by molar-refractivity contribution is 5.65. The monoisotopic (exact) mass is 138 g/mol. The Labute approximate surface area is 62.4 Å². The second-order valence-corrected chi connectivity index (χ2v) is 2.63. The van der Waals surface area contributed by atoms with Crippen molar-refractivity contribution in [1.29, 1.82) is 0 Å². The van der Waals surface area contributed by atoms with Gasteiger partial charge < -0.3 is 0 Å². The van der Waals surface area contributed by atoms with Crippen molar-refractivity contribution in [2.45, 2.75) is 27.2 Å². The van der Waals surface area contributed by atoms with Crippen LogP contribution in [-0.4, -0.2) is 6.29 Å². The summed E-state index contributed by atoms with van der Waals surface area (Å²) in [5, 5.41) is 0. The van der Waals surface area contributed by atoms with E-state index in [-0.39, 0.29) is 0 Å². The molecule has 0 rings (SSSR count). The van der Waals surface area contributed by atoms with Crippen LogP contribution in [0.5, 0.6) is 0 Å². The van der Waals surface area contributed by atoms with Crippen LogP contribution < -0.4 is 0 Å². The molecule has 1 nitrogen and oxygen atoms in total. The average Bonchev–Trinajstić information content (AvgIpc) is 1.85. The molecular formula is C9H14O. The van der Waals surface area contributed by atoms with E-state index in [2.05, 4.69) is 6.08 Å². The molecule has 0 aromatic carbocycles. The summed E-state index contributed by atoms with van der Waals surface area (Å²) < 4.78 is 0. The first-order valence-corrected chi connectivity index (χ1v) is 3.41. The molecule has 0 fully saturated rings. The molecule has 0 aliphatic rings. The molecule has 0 aromatic heterocycles. The third-order valence-corrected chi connectivity index (χ3v) is 1.18. The second-order valence-electron chi connectivity index (χ2n) is 2.63. The summed E-state index contributed by atoms with van der Waals surface area (Å²) in [6, 6.07) is 0. The Hall–Kier alpha value is -0.850. The minimum absolute atomic E-state index is 0.828. The van der Waals surface area contributed by atoms with E-state index < -0.39 is 0 Å². The first-order valence-electron chi connectivity index (χ1n) is 3.41. The largest absolute Gasteiger partial charge is 0.299 e. The molecule has 0 saturated heterocycles. The fraction of sp³-hybridized carbons (Fsp3) is 0.444. The quantitative estimate of drug-likeness (QED) is 0.332. The highest BCUT2D eigenvalue weighted by Crippen LogP contribution is 2.02. The van der Waals surface area contributed by atoms with Gasteiger partial charge in [0.25, 0.3) is 0 Å². The van der Waals surface area contributed by atoms with Gasteiger partial charge in [0, 0.05) is 0 Å². The van der Waals surface area contributed by atoms with Crippen molar-refractivity contribution in [3.63, 3.8) is 0 Å². The van der Waals surface area contributed by atoms with Crippen molar-refractivity contribution in [2.24, 2.45) is 0 Å². The summed E-state index contributed by atoms with van der Waals surface area (Å²) in [7, 11) is 0. The molecule has 0 amide bonds. The molecule has 0 aliphatic carbocycles. The first-order chi connectivity index (χ1) is 4.66. The fourth-order valence-corrected chi connectivity index (χ4v) is 0.549. The van der Waals surface area contributed by atoms with Crippen molar-refractivity contribution in [1.82, 2.24) is 0 Å². The predicted molar refractivity (Wildman–Crippen MR) is 43.9 cm³/mol. The van der Waals surface area contributed by atoms with Crippen LogP contribution in [-0.2, 0) is 4.79 Å². The van der Waals surface area contributed by atoms with E-state index in [9.17, 15) is 4.79 Å². The lowest BCUT2D eigenvalue weighted by Crippen LogP contribution is -1.74. The maximum Gasteiger partial charge on any atom is 0.142 e. The van der Waals surface area contributed by atoms with Crippen molar-refractivity contribution in [3.05, 3.63) is 23.3 Å². The van der Waals surface area contributed by atoms with Crippen molar-refractivity contribution in [3.8, 4) is 0 Å². The van der Waals surface area contributed by atoms with E-state index in [0.29, 0.717) is 0 Å². The van der Waals surface area contributed by atoms with Gasteiger partial charge in [0.05, 0.1) is 0 Å². The summed E-state index contributed by atoms with van der Waals surface area (Å²) in [4.78, 5) is 9.96. The van der Waals surface area contributed by atoms with Gasteiger partial charge in [0.15, 0.2) is 0 Å². The SMILES string of the molecule is CC(C)=CC/C(C)=C\C=O. The lowest BCUT2D eigenvalue weighted by atomic mass is 10.1. The van der Waals surface area contributed by atoms with Crippen molar-refractivity contribution < 1.29 is 4.79 Å². The molecule has 56 valence electrons. The highest BCUT2D eigenvalue weighted by atomic mass is 16.1. The standard InChI is InChI=1S/C9H14O/c1-8(2)4-5-9(3)6-7-10/h4,6-7H,5H2,1-3H3/b9-6-. The molecule has 0 atom stereocenters. The van der Waals surface area contributed by atoms with Crippen molar-refractivity contribution in [2.75, 3.05) is 0 Å². The molecule has 0 saturated carbocycles. The minimum Gasteiger partial charge on any atom is -0.299 e. The number of hydrogen-bond acceptors (Lipinski definition) is 1. The van der Waals surface area contributed by atoms with Crippen LogP contribution in [0.4, 0.5) is 0 Å². The Kier molecular flexibility index (Phi) is 4.55. The lowest BCUT2D eigenvalue weighted by molar-refractivity contribution is -0.104. The van der Waals surface area contributed by atoms with Crippen LogP contribution in [0.1, 0.15) is 27.2 Å². The third-order valence-electron chi connectivity index (χ3n) is 1.18. The molecule has 0 bridgehead atoms. The van der Waals surface area contributed by atoms with Gasteiger partial charge in [0.1, 0.15) is 6.29 Å². The third kappa shape index (κ3) is 5.29. The van der Waals surface area contributed by atoms with Gasteiger partial charge in [0.2, 0.25) is 0 Å². The van der Waals surface area contributed by atoms with Crippen molar-refractivity contribution >= 4 is 6.29 Å². The number of aldehydes is 1. The average molecular weight is 138 g/mol. The Balaban J connectivity index is 3.80. The van der Waals surface area contributed by atoms with Crippen LogP contribution in [0, 0.1) is 0 Å². The number of carbonyl (C=O) groups excluding carboxylic acids is 1. The maximum atomic E-state index is 9.96. The van der Waals surface area contributed by atoms with E-state index in [1.165, 1.54) is 5.57 Å². The van der Waals surface area contributed by atoms with E-state index in [1.807, 2.05) is 20.8 Å². The zero-order valence-corrected chi connectivity index (χ0v) is 6.85. The molecule has 0 heterocycles. The second kappa shape index (κ2) is 4.98. The van der Waals surface area contributed by atoms with Gasteiger partial charge in [-0.15, -0.1) is 0 Å². The molecule has 0 N–H and O–H groups in total. The lowest BCUT2D eigenvalue weighted by Gasteiger charge is -1.92. The van der Waals surface area contributed by atoms with E-state index in [0.717, 1.165) is 18.3 Å². The van der Waals surface area contributed by atoms with E-state index >= 15 is 0 Å². The zero-order chi connectivity index (χ0) is 7.98. The summed E-state index contributed by atoms with van der Waals surface area (Å²) in [5.41, 5.74) is 2.40. The number of hydrogen-bond donors (Lipinski definition) is 0. The summed E-state index contributed by atoms with van der Waals surface area (Å²) in [5.74, 6) is 0. The van der Waals surface area contributed by atoms with Crippen LogP contribution >= 0.6 is 0 Å². The Bertz CT molecular complexity index is 160. The molecule has 0 radical (unpaired) electrons. The van der Waals surface area contributed by atoms with Crippen LogP contribution in [0.25, 0.3) is 0 Å². The van der Waals surface area contributed by atoms with Crippen LogP contribution in [0.15, 0.2) is 23.3 Å². The number of allylic oxidation sites excluding steroid dienone is 4. The van der Waals surface area contributed by atoms with Gasteiger partial charge in [-0.1, -0.05) is 17.2 Å². The summed E-state index contributed by atoms with van der Waals surface area (Å²) in [6.07, 6.45) is 5.42. The van der Waals surface area contributed by atoms with E-state index in [1.54, 1.807) is 6.08 Å². The van der Waals surface area contributed by atoms with Gasteiger partial charge >= 0.3 is 0 Å². The minimum atomic E-state index is 0.828. The Morgan fingerprint density at radius 3 is 2.30 bits per heavy atom. The Morgan fingerprint density at radius 1 is 1.30 bits per heavy atom. The Morgan fingerprint density at radius 2 is 1.90 bits per heavy atom. The summed E-state index contributed by atoms with van der Waals surface area (Å²) >= 11 is 0. The smallest absolute Gasteiger partial charge is 0.142 e. The molecule has 0 aromatic rings. The topological polar surface area (TPSA) is 17.1 Å². The normalized spacial score (nSPS) is 10.9. The molecular weight excluding hydrogens is 124 g/mol. The molecule has 0 aliphatic heterocycles. The molecule has 0 unspecified atom stereocenters. The van der Waals surface area contributed by atoms with Gasteiger partial charge in [-0.05, 0) is 33.3 Å². The van der Waals surface area contributed by atoms with Crippen LogP contribution in [0.2, 0.25) is 0 Å². The van der Waals surface area contributed by atoms with Gasteiger partial charge in [-0.25, -0.2) is 0 Å². The zero-order valence-electron chi connectivity index (χ0n) is 6.85. The van der Waals surface area contributed by atoms with E-state index in [4.69, 9.17) is 0 Å². The van der Waals surface area contributed by atoms with Gasteiger partial charge in [-0.3, -0.25) is 4.79 Å². The maximum absolute atomic E-state index is 9.96. The molecule has 0 spiro atoms. The summed E-state index contributed by atoms with van der Waals surface area (Å²) in [6.45, 7) is 6.05. The number of carbonyl (C=O) groups is 1. The van der Waals surface area contributed by atoms with Crippen LogP contribution in [0.3, 0.4) is 0 Å². The first kappa shape index (κ1) is 9.15. The molecule has 1 heteroatoms. The number of rotatable bonds is 3. The molecule has 10 heavy (non-hydrogen) atoms. The fourth-order valence-electron chi connectivity index (χ4n) is 0.549. The van der Waals surface area contributed by atoms with Gasteiger partial charge in [-0.2, -0.15) is 0 Å². The predicted octanol–water partition coefficient (Wildman–Crippen LogP) is 2.49.